The van der Waals surface area contributed by atoms with E-state index in [0.717, 1.165) is 6.07 Å². The van der Waals surface area contributed by atoms with Crippen LogP contribution >= 0.6 is 0 Å². The maximum atomic E-state index is 13.5. The smallest absolute Gasteiger partial charge is 0.274 e. The highest BCUT2D eigenvalue weighted by molar-refractivity contribution is 5.99. The lowest BCUT2D eigenvalue weighted by Crippen LogP contribution is -2.30. The fourth-order valence-electron chi connectivity index (χ4n) is 1.54. The second-order valence-electron chi connectivity index (χ2n) is 3.79. The van der Waals surface area contributed by atoms with Crippen molar-refractivity contribution in [1.29, 1.82) is 0 Å². The number of carbonyl (C=O) groups is 1. The fraction of sp³-hybridized carbons (Fsp3) is 0. The maximum absolute atomic E-state index is 13.5. The molecule has 0 saturated carbocycles. The highest BCUT2D eigenvalue weighted by atomic mass is 19.1. The lowest BCUT2D eigenvalue weighted by molar-refractivity contribution is 0.0959. The number of hydrogen-bond acceptors (Lipinski definition) is 3. The lowest BCUT2D eigenvalue weighted by atomic mass is 10.1. The number of hydrazine groups is 1. The van der Waals surface area contributed by atoms with Crippen LogP contribution in [0.5, 0.6) is 0 Å². The lowest BCUT2D eigenvalue weighted by Gasteiger charge is -2.10. The summed E-state index contributed by atoms with van der Waals surface area (Å²) in [4.78, 5) is 11.8. The largest absolute Gasteiger partial charge is 0.398 e. The van der Waals surface area contributed by atoms with Crippen LogP contribution in [0.15, 0.2) is 42.5 Å². The molecule has 2 rings (SSSR count). The minimum absolute atomic E-state index is 0.0264. The summed E-state index contributed by atoms with van der Waals surface area (Å²) >= 11 is 0. The summed E-state index contributed by atoms with van der Waals surface area (Å²) in [5.41, 5.74) is 10.4. The Balaban J connectivity index is 2.10. The van der Waals surface area contributed by atoms with Crippen LogP contribution in [-0.2, 0) is 0 Å². The van der Waals surface area contributed by atoms with E-state index >= 15 is 0 Å². The average molecular weight is 263 g/mol. The third-order valence-corrected chi connectivity index (χ3v) is 2.42. The second-order valence-corrected chi connectivity index (χ2v) is 3.79. The number of nitrogens with two attached hydrogens (primary N) is 1. The van der Waals surface area contributed by atoms with Gasteiger partial charge in [-0.05, 0) is 30.3 Å². The van der Waals surface area contributed by atoms with Crippen molar-refractivity contribution in [3.05, 3.63) is 59.7 Å². The van der Waals surface area contributed by atoms with E-state index < -0.39 is 17.5 Å². The Hall–Kier alpha value is -2.63. The van der Waals surface area contributed by atoms with Gasteiger partial charge < -0.3 is 5.73 Å². The number of nitrogen functional groups attached to an aromatic ring is 1. The van der Waals surface area contributed by atoms with Crippen LogP contribution < -0.4 is 16.6 Å². The third-order valence-electron chi connectivity index (χ3n) is 2.42. The van der Waals surface area contributed by atoms with Crippen LogP contribution in [0, 0.1) is 11.6 Å². The van der Waals surface area contributed by atoms with E-state index in [4.69, 9.17) is 5.73 Å². The van der Waals surface area contributed by atoms with Crippen molar-refractivity contribution >= 4 is 17.3 Å². The van der Waals surface area contributed by atoms with Gasteiger partial charge in [0, 0.05) is 5.69 Å². The first-order valence-electron chi connectivity index (χ1n) is 5.44. The monoisotopic (exact) mass is 263 g/mol. The first-order chi connectivity index (χ1) is 9.08. The molecule has 19 heavy (non-hydrogen) atoms. The zero-order valence-electron chi connectivity index (χ0n) is 9.78. The summed E-state index contributed by atoms with van der Waals surface area (Å²) in [6.07, 6.45) is 0. The SMILES string of the molecule is Nc1cccc(F)c1C(=O)NNc1cccc(F)c1. The Morgan fingerprint density at radius 3 is 2.53 bits per heavy atom. The van der Waals surface area contributed by atoms with Crippen molar-refractivity contribution in [3.8, 4) is 0 Å². The van der Waals surface area contributed by atoms with Crippen molar-refractivity contribution in [3.63, 3.8) is 0 Å². The van der Waals surface area contributed by atoms with Crippen LogP contribution in [0.4, 0.5) is 20.2 Å². The summed E-state index contributed by atoms with van der Waals surface area (Å²) in [5.74, 6) is -1.91. The van der Waals surface area contributed by atoms with Gasteiger partial charge in [-0.25, -0.2) is 8.78 Å². The first-order valence-corrected chi connectivity index (χ1v) is 5.44. The fourth-order valence-corrected chi connectivity index (χ4v) is 1.54. The summed E-state index contributed by atoms with van der Waals surface area (Å²) in [7, 11) is 0. The number of halogens is 2. The van der Waals surface area contributed by atoms with Crippen LogP contribution in [0.3, 0.4) is 0 Å². The molecule has 0 aromatic heterocycles. The highest BCUT2D eigenvalue weighted by Gasteiger charge is 2.14. The van der Waals surface area contributed by atoms with Crippen molar-refractivity contribution in [2.24, 2.45) is 0 Å². The first kappa shape index (κ1) is 12.8. The second kappa shape index (κ2) is 5.34. The number of benzene rings is 2. The number of nitrogens with one attached hydrogen (secondary N) is 2. The summed E-state index contributed by atoms with van der Waals surface area (Å²) in [6.45, 7) is 0. The Kier molecular flexibility index (Phi) is 3.61. The van der Waals surface area contributed by atoms with Crippen molar-refractivity contribution in [2.75, 3.05) is 11.2 Å². The molecule has 0 aliphatic carbocycles. The molecule has 0 unspecified atom stereocenters. The van der Waals surface area contributed by atoms with Gasteiger partial charge in [0.25, 0.3) is 5.91 Å². The van der Waals surface area contributed by atoms with Gasteiger partial charge in [0.15, 0.2) is 0 Å². The summed E-state index contributed by atoms with van der Waals surface area (Å²) < 4.78 is 26.4. The molecule has 0 aliphatic rings. The van der Waals surface area contributed by atoms with E-state index in [9.17, 15) is 13.6 Å². The molecule has 4 N–H and O–H groups in total. The zero-order valence-corrected chi connectivity index (χ0v) is 9.78. The van der Waals surface area contributed by atoms with Gasteiger partial charge >= 0.3 is 0 Å². The van der Waals surface area contributed by atoms with E-state index in [-0.39, 0.29) is 11.3 Å². The van der Waals surface area contributed by atoms with E-state index in [0.29, 0.717) is 5.69 Å². The molecular formula is C13H11F2N3O. The highest BCUT2D eigenvalue weighted by Crippen LogP contribution is 2.15. The normalized spacial score (nSPS) is 10.0. The molecular weight excluding hydrogens is 252 g/mol. The standard InChI is InChI=1S/C13H11F2N3O/c14-8-3-1-4-9(7-8)17-18-13(19)12-10(15)5-2-6-11(12)16/h1-7,17H,16H2,(H,18,19). The molecule has 0 heterocycles. The summed E-state index contributed by atoms with van der Waals surface area (Å²) in [5, 5.41) is 0. The molecule has 0 bridgehead atoms. The molecule has 0 aliphatic heterocycles. The number of amides is 1. The van der Waals surface area contributed by atoms with Gasteiger partial charge in [0.05, 0.1) is 11.3 Å². The predicted molar refractivity (Wildman–Crippen MR) is 68.3 cm³/mol. The van der Waals surface area contributed by atoms with Gasteiger partial charge in [0.2, 0.25) is 0 Å². The molecule has 0 atom stereocenters. The quantitative estimate of drug-likeness (QED) is 0.588. The van der Waals surface area contributed by atoms with Crippen molar-refractivity contribution in [2.45, 2.75) is 0 Å². The van der Waals surface area contributed by atoms with Gasteiger partial charge in [-0.15, -0.1) is 0 Å². The van der Waals surface area contributed by atoms with Gasteiger partial charge in [-0.1, -0.05) is 12.1 Å². The number of anilines is 2. The average Bonchev–Trinajstić information content (AvgIpc) is 2.36. The van der Waals surface area contributed by atoms with Crippen molar-refractivity contribution < 1.29 is 13.6 Å². The van der Waals surface area contributed by atoms with Crippen molar-refractivity contribution in [1.82, 2.24) is 5.43 Å². The molecule has 0 fully saturated rings. The topological polar surface area (TPSA) is 67.2 Å². The molecule has 98 valence electrons. The number of hydrogen-bond donors (Lipinski definition) is 3. The van der Waals surface area contributed by atoms with E-state index in [1.54, 1.807) is 6.07 Å². The number of carbonyl (C=O) groups excluding carboxylic acids is 1. The Labute approximate surface area is 108 Å². The Bertz CT molecular complexity index is 596. The minimum atomic E-state index is -0.736. The van der Waals surface area contributed by atoms with Crippen LogP contribution in [-0.4, -0.2) is 5.91 Å². The Morgan fingerprint density at radius 2 is 1.84 bits per heavy atom. The number of rotatable bonds is 3. The molecule has 0 radical (unpaired) electrons. The van der Waals surface area contributed by atoms with Crippen LogP contribution in [0.25, 0.3) is 0 Å². The molecule has 4 nitrogen and oxygen atoms in total. The van der Waals surface area contributed by atoms with E-state index in [2.05, 4.69) is 10.9 Å². The van der Waals surface area contributed by atoms with Crippen LogP contribution in [0.1, 0.15) is 10.4 Å². The Morgan fingerprint density at radius 1 is 1.11 bits per heavy atom. The van der Waals surface area contributed by atoms with Crippen LogP contribution in [0.2, 0.25) is 0 Å². The third kappa shape index (κ3) is 2.98. The molecule has 2 aromatic carbocycles. The minimum Gasteiger partial charge on any atom is -0.398 e. The molecule has 6 heteroatoms. The molecule has 0 spiro atoms. The van der Waals surface area contributed by atoms with Gasteiger partial charge in [-0.2, -0.15) is 0 Å². The zero-order chi connectivity index (χ0) is 13.8. The maximum Gasteiger partial charge on any atom is 0.274 e. The molecule has 2 aromatic rings. The van der Waals surface area contributed by atoms with Gasteiger partial charge in [-0.3, -0.25) is 15.6 Å². The predicted octanol–water partition coefficient (Wildman–Crippen LogP) is 2.30. The van der Waals surface area contributed by atoms with E-state index in [1.807, 2.05) is 0 Å². The van der Waals surface area contributed by atoms with E-state index in [1.165, 1.54) is 30.3 Å². The molecule has 0 saturated heterocycles. The summed E-state index contributed by atoms with van der Waals surface area (Å²) in [6, 6.07) is 9.43. The molecule has 1 amide bonds. The van der Waals surface area contributed by atoms with Gasteiger partial charge in [0.1, 0.15) is 11.6 Å².